The molecule has 0 amide bonds. The molecule has 0 bridgehead atoms. The van der Waals surface area contributed by atoms with Gasteiger partial charge in [-0.05, 0) is 37.5 Å². The lowest BCUT2D eigenvalue weighted by molar-refractivity contribution is -0.530. The van der Waals surface area contributed by atoms with E-state index in [2.05, 4.69) is 79.0 Å². The zero-order valence-corrected chi connectivity index (χ0v) is 13.1. The van der Waals surface area contributed by atoms with Gasteiger partial charge in [-0.15, -0.1) is 0 Å². The minimum Gasteiger partial charge on any atom is -0.260 e. The highest BCUT2D eigenvalue weighted by atomic mass is 15.3. The van der Waals surface area contributed by atoms with Crippen LogP contribution in [0.4, 0.5) is 5.69 Å². The van der Waals surface area contributed by atoms with Crippen molar-refractivity contribution in [2.24, 2.45) is 0 Å². The highest BCUT2D eigenvalue weighted by Crippen LogP contribution is 2.26. The molecule has 3 rings (SSSR count). The number of hydrogen-bond donors (Lipinski definition) is 0. The summed E-state index contributed by atoms with van der Waals surface area (Å²) < 4.78 is 2.40. The topological polar surface area (TPSA) is 6.25 Å². The van der Waals surface area contributed by atoms with Crippen molar-refractivity contribution in [1.29, 1.82) is 0 Å². The van der Waals surface area contributed by atoms with E-state index in [9.17, 15) is 0 Å². The predicted octanol–water partition coefficient (Wildman–Crippen LogP) is 3.67. The molecule has 108 valence electrons. The van der Waals surface area contributed by atoms with E-state index in [1.165, 1.54) is 27.9 Å². The Hall–Kier alpha value is -2.09. The summed E-state index contributed by atoms with van der Waals surface area (Å²) in [6.45, 7) is 9.73. The van der Waals surface area contributed by atoms with Crippen molar-refractivity contribution >= 4 is 12.0 Å². The van der Waals surface area contributed by atoms with Crippen LogP contribution >= 0.6 is 0 Å². The van der Waals surface area contributed by atoms with Gasteiger partial charge in [0.15, 0.2) is 0 Å². The van der Waals surface area contributed by atoms with E-state index in [1.807, 2.05) is 0 Å². The number of hydrogen-bond acceptors (Lipinski definition) is 1. The van der Waals surface area contributed by atoms with Gasteiger partial charge in [0.1, 0.15) is 25.3 Å². The van der Waals surface area contributed by atoms with Crippen molar-refractivity contribution in [2.75, 3.05) is 18.0 Å². The molecule has 0 aliphatic carbocycles. The van der Waals surface area contributed by atoms with Crippen molar-refractivity contribution in [3.63, 3.8) is 0 Å². The molecule has 1 heterocycles. The van der Waals surface area contributed by atoms with E-state index in [1.54, 1.807) is 0 Å². The van der Waals surface area contributed by atoms with Gasteiger partial charge in [-0.1, -0.05) is 48.0 Å². The Morgan fingerprint density at radius 1 is 1.00 bits per heavy atom. The highest BCUT2D eigenvalue weighted by Gasteiger charge is 2.24. The summed E-state index contributed by atoms with van der Waals surface area (Å²) in [6, 6.07) is 15.2. The fourth-order valence-corrected chi connectivity index (χ4v) is 3.28. The first-order valence-electron chi connectivity index (χ1n) is 7.61. The molecule has 2 nitrogen and oxygen atoms in total. The van der Waals surface area contributed by atoms with Crippen LogP contribution in [0.25, 0.3) is 0 Å². The molecule has 0 fully saturated rings. The summed E-state index contributed by atoms with van der Waals surface area (Å²) in [5.74, 6) is 0. The van der Waals surface area contributed by atoms with Crippen molar-refractivity contribution < 1.29 is 4.58 Å². The van der Waals surface area contributed by atoms with Gasteiger partial charge in [0.25, 0.3) is 0 Å². The van der Waals surface area contributed by atoms with Crippen LogP contribution in [0.1, 0.15) is 22.3 Å². The van der Waals surface area contributed by atoms with Crippen LogP contribution in [0.2, 0.25) is 0 Å². The summed E-state index contributed by atoms with van der Waals surface area (Å²) in [6.07, 6.45) is 2.28. The first-order valence-corrected chi connectivity index (χ1v) is 7.61. The lowest BCUT2D eigenvalue weighted by Gasteiger charge is -2.13. The molecule has 0 unspecified atom stereocenters. The van der Waals surface area contributed by atoms with Gasteiger partial charge in [-0.25, -0.2) is 4.90 Å². The Balaban J connectivity index is 1.83. The first kappa shape index (κ1) is 13.9. The first-order chi connectivity index (χ1) is 10.1. The molecule has 2 heteroatoms. The fraction of sp³-hybridized carbons (Fsp3) is 0.316. The van der Waals surface area contributed by atoms with Crippen molar-refractivity contribution in [1.82, 2.24) is 0 Å². The molecule has 2 aromatic carbocycles. The second-order valence-corrected chi connectivity index (χ2v) is 6.01. The maximum absolute atomic E-state index is 2.40. The lowest BCUT2D eigenvalue weighted by Crippen LogP contribution is -2.20. The Bertz CT molecular complexity index is 648. The smallest absolute Gasteiger partial charge is 0.239 e. The molecule has 0 N–H and O–H groups in total. The lowest BCUT2D eigenvalue weighted by atomic mass is 10.0. The van der Waals surface area contributed by atoms with Gasteiger partial charge in [0, 0.05) is 0 Å². The van der Waals surface area contributed by atoms with Crippen molar-refractivity contribution in [3.05, 3.63) is 64.7 Å². The molecule has 0 saturated carbocycles. The van der Waals surface area contributed by atoms with E-state index in [0.717, 1.165) is 19.6 Å². The van der Waals surface area contributed by atoms with Crippen LogP contribution in [0.3, 0.4) is 0 Å². The van der Waals surface area contributed by atoms with E-state index < -0.39 is 0 Å². The molecule has 1 aliphatic heterocycles. The summed E-state index contributed by atoms with van der Waals surface area (Å²) in [7, 11) is 0. The predicted molar refractivity (Wildman–Crippen MR) is 89.3 cm³/mol. The molecule has 0 radical (unpaired) electrons. The van der Waals surface area contributed by atoms with Gasteiger partial charge < -0.3 is 0 Å². The zero-order valence-electron chi connectivity index (χ0n) is 13.1. The van der Waals surface area contributed by atoms with E-state index in [4.69, 9.17) is 0 Å². The Kier molecular flexibility index (Phi) is 3.78. The normalized spacial score (nSPS) is 14.4. The molecule has 0 spiro atoms. The van der Waals surface area contributed by atoms with Crippen molar-refractivity contribution in [2.45, 2.75) is 27.3 Å². The third kappa shape index (κ3) is 2.99. The molecule has 0 aromatic heterocycles. The Labute approximate surface area is 127 Å². The average molecular weight is 279 g/mol. The molecule has 21 heavy (non-hydrogen) atoms. The summed E-state index contributed by atoms with van der Waals surface area (Å²) >= 11 is 0. The van der Waals surface area contributed by atoms with Gasteiger partial charge in [-0.2, -0.15) is 0 Å². The third-order valence-corrected chi connectivity index (χ3v) is 4.08. The number of rotatable bonds is 3. The highest BCUT2D eigenvalue weighted by molar-refractivity contribution is 5.80. The monoisotopic (exact) mass is 279 g/mol. The average Bonchev–Trinajstić information content (AvgIpc) is 2.87. The minimum absolute atomic E-state index is 0.987. The quantitative estimate of drug-likeness (QED) is 0.777. The van der Waals surface area contributed by atoms with E-state index in [0.29, 0.717) is 0 Å². The number of aryl methyl sites for hydroxylation is 3. The van der Waals surface area contributed by atoms with E-state index >= 15 is 0 Å². The molecular formula is C19H23N2+. The van der Waals surface area contributed by atoms with Crippen LogP contribution in [0.15, 0.2) is 42.5 Å². The zero-order chi connectivity index (χ0) is 14.8. The van der Waals surface area contributed by atoms with Gasteiger partial charge >= 0.3 is 0 Å². The summed E-state index contributed by atoms with van der Waals surface area (Å²) in [5.41, 5.74) is 6.81. The maximum atomic E-state index is 2.40. The molecule has 2 aromatic rings. The van der Waals surface area contributed by atoms with Crippen LogP contribution in [-0.2, 0) is 6.54 Å². The number of anilines is 1. The maximum Gasteiger partial charge on any atom is 0.239 e. The summed E-state index contributed by atoms with van der Waals surface area (Å²) in [5, 5.41) is 0. The SMILES string of the molecule is Cc1cc(C)c(N2C=[N+](Cc3ccccc3)CC2)c(C)c1. The number of nitrogens with zero attached hydrogens (tertiary/aromatic N) is 2. The van der Waals surface area contributed by atoms with Gasteiger partial charge in [0.05, 0.1) is 0 Å². The molecule has 0 saturated heterocycles. The summed E-state index contributed by atoms with van der Waals surface area (Å²) in [4.78, 5) is 2.40. The second-order valence-electron chi connectivity index (χ2n) is 6.01. The second kappa shape index (κ2) is 5.72. The van der Waals surface area contributed by atoms with Crippen LogP contribution in [0.5, 0.6) is 0 Å². The van der Waals surface area contributed by atoms with Crippen molar-refractivity contribution in [3.8, 4) is 0 Å². The standard InChI is InChI=1S/C19H23N2/c1-15-11-16(2)19(17(3)12-15)21-10-9-20(14-21)13-18-7-5-4-6-8-18/h4-8,11-12,14H,9-10,13H2,1-3H3/q+1. The Morgan fingerprint density at radius 3 is 2.33 bits per heavy atom. The van der Waals surface area contributed by atoms with Crippen LogP contribution < -0.4 is 4.90 Å². The van der Waals surface area contributed by atoms with Crippen LogP contribution in [-0.4, -0.2) is 24.0 Å². The van der Waals surface area contributed by atoms with E-state index in [-0.39, 0.29) is 0 Å². The molecule has 0 atom stereocenters. The number of benzene rings is 2. The van der Waals surface area contributed by atoms with Crippen LogP contribution in [0, 0.1) is 20.8 Å². The minimum atomic E-state index is 0.987. The Morgan fingerprint density at radius 2 is 1.67 bits per heavy atom. The van der Waals surface area contributed by atoms with Gasteiger partial charge in [-0.3, -0.25) is 4.58 Å². The largest absolute Gasteiger partial charge is 0.260 e. The fourth-order valence-electron chi connectivity index (χ4n) is 3.28. The van der Waals surface area contributed by atoms with Gasteiger partial charge in [0.2, 0.25) is 6.34 Å². The molecule has 1 aliphatic rings. The molecular weight excluding hydrogens is 256 g/mol. The third-order valence-electron chi connectivity index (χ3n) is 4.08.